The van der Waals surface area contributed by atoms with Gasteiger partial charge in [-0.3, -0.25) is 4.79 Å². The highest BCUT2D eigenvalue weighted by molar-refractivity contribution is 5.90. The van der Waals surface area contributed by atoms with Gasteiger partial charge in [0.1, 0.15) is 5.75 Å². The molecule has 0 aromatic heterocycles. The Morgan fingerprint density at radius 1 is 1.33 bits per heavy atom. The number of primary amides is 1. The summed E-state index contributed by atoms with van der Waals surface area (Å²) in [7, 11) is 2.77. The third-order valence-corrected chi connectivity index (χ3v) is 2.11. The fraction of sp³-hybridized carbons (Fsp3) is 0.231. The average molecular weight is 247 g/mol. The molecule has 5 heteroatoms. The van der Waals surface area contributed by atoms with E-state index in [4.69, 9.17) is 10.5 Å². The first-order valence-corrected chi connectivity index (χ1v) is 5.12. The summed E-state index contributed by atoms with van der Waals surface area (Å²) >= 11 is 0. The first kappa shape index (κ1) is 13.6. The number of amides is 1. The van der Waals surface area contributed by atoms with E-state index in [1.54, 1.807) is 12.1 Å². The van der Waals surface area contributed by atoms with Gasteiger partial charge in [0.15, 0.2) is 0 Å². The summed E-state index contributed by atoms with van der Waals surface area (Å²) in [6.07, 6.45) is -0.0259. The van der Waals surface area contributed by atoms with Crippen LogP contribution >= 0.6 is 0 Å². The maximum atomic E-state index is 11.3. The lowest BCUT2D eigenvalue weighted by Gasteiger charge is -2.05. The molecule has 18 heavy (non-hydrogen) atoms. The topological polar surface area (TPSA) is 78.6 Å². The van der Waals surface area contributed by atoms with Gasteiger partial charge in [0.2, 0.25) is 5.91 Å². The second kappa shape index (κ2) is 6.30. The monoisotopic (exact) mass is 247 g/mol. The number of benzene rings is 1. The maximum absolute atomic E-state index is 11.3. The zero-order valence-electron chi connectivity index (χ0n) is 10.1. The van der Waals surface area contributed by atoms with Crippen LogP contribution in [0.1, 0.15) is 22.3 Å². The molecule has 0 saturated carbocycles. The molecule has 0 aliphatic rings. The number of esters is 1. The van der Waals surface area contributed by atoms with Crippen LogP contribution in [0, 0.1) is 11.8 Å². The minimum absolute atomic E-state index is 0.0259. The summed E-state index contributed by atoms with van der Waals surface area (Å²) < 4.78 is 9.71. The summed E-state index contributed by atoms with van der Waals surface area (Å²) in [6, 6.07) is 4.72. The molecule has 0 spiro atoms. The van der Waals surface area contributed by atoms with E-state index in [0.717, 1.165) is 0 Å². The first-order chi connectivity index (χ1) is 8.58. The number of nitrogens with two attached hydrogens (primary N) is 1. The molecule has 0 atom stereocenters. The van der Waals surface area contributed by atoms with E-state index in [-0.39, 0.29) is 6.42 Å². The van der Waals surface area contributed by atoms with Gasteiger partial charge >= 0.3 is 5.97 Å². The highest BCUT2D eigenvalue weighted by Crippen LogP contribution is 2.19. The lowest BCUT2D eigenvalue weighted by molar-refractivity contribution is -0.117. The molecule has 1 aromatic carbocycles. The summed E-state index contributed by atoms with van der Waals surface area (Å²) in [6.45, 7) is 0. The first-order valence-electron chi connectivity index (χ1n) is 5.12. The van der Waals surface area contributed by atoms with Gasteiger partial charge in [0, 0.05) is 0 Å². The van der Waals surface area contributed by atoms with Crippen molar-refractivity contribution in [2.24, 2.45) is 5.73 Å². The van der Waals surface area contributed by atoms with Crippen LogP contribution in [0.25, 0.3) is 0 Å². The number of carbonyl (C=O) groups excluding carboxylic acids is 2. The second-order valence-corrected chi connectivity index (χ2v) is 3.35. The van der Waals surface area contributed by atoms with E-state index in [2.05, 4.69) is 16.6 Å². The molecule has 0 radical (unpaired) electrons. The van der Waals surface area contributed by atoms with E-state index in [9.17, 15) is 9.59 Å². The number of methoxy groups -OCH3 is 2. The highest BCUT2D eigenvalue weighted by Gasteiger charge is 2.08. The Labute approximate surface area is 105 Å². The van der Waals surface area contributed by atoms with Gasteiger partial charge in [-0.15, -0.1) is 0 Å². The predicted molar refractivity (Wildman–Crippen MR) is 65.0 cm³/mol. The smallest absolute Gasteiger partial charge is 0.337 e. The van der Waals surface area contributed by atoms with Crippen LogP contribution in [0.4, 0.5) is 0 Å². The summed E-state index contributed by atoms with van der Waals surface area (Å²) in [5.41, 5.74) is 5.92. The summed E-state index contributed by atoms with van der Waals surface area (Å²) in [4.78, 5) is 21.9. The fourth-order valence-electron chi connectivity index (χ4n) is 1.27. The Hall–Kier alpha value is -2.48. The summed E-state index contributed by atoms with van der Waals surface area (Å²) in [5, 5.41) is 0. The molecule has 0 aliphatic heterocycles. The Balaban J connectivity index is 3.02. The van der Waals surface area contributed by atoms with Gasteiger partial charge in [-0.05, 0) is 18.2 Å². The SMILES string of the molecule is COC(=O)c1ccc(C#CCC(N)=O)c(OC)c1. The van der Waals surface area contributed by atoms with Gasteiger partial charge in [-0.2, -0.15) is 0 Å². The molecular formula is C13H13NO4. The van der Waals surface area contributed by atoms with Crippen LogP contribution in [0.2, 0.25) is 0 Å². The van der Waals surface area contributed by atoms with Crippen LogP contribution in [0.15, 0.2) is 18.2 Å². The van der Waals surface area contributed by atoms with Crippen molar-refractivity contribution < 1.29 is 19.1 Å². The van der Waals surface area contributed by atoms with Crippen LogP contribution < -0.4 is 10.5 Å². The lowest BCUT2D eigenvalue weighted by atomic mass is 10.1. The van der Waals surface area contributed by atoms with Crippen LogP contribution in [0.3, 0.4) is 0 Å². The Morgan fingerprint density at radius 3 is 2.61 bits per heavy atom. The molecule has 94 valence electrons. The minimum atomic E-state index is -0.493. The van der Waals surface area contributed by atoms with Crippen molar-refractivity contribution in [3.05, 3.63) is 29.3 Å². The van der Waals surface area contributed by atoms with Gasteiger partial charge in [-0.25, -0.2) is 4.79 Å². The molecule has 1 rings (SSSR count). The van der Waals surface area contributed by atoms with Gasteiger partial charge < -0.3 is 15.2 Å². The molecule has 0 fully saturated rings. The standard InChI is InChI=1S/C13H13NO4/c1-17-11-8-10(13(16)18-2)7-6-9(11)4-3-5-12(14)15/h6-8H,5H2,1-2H3,(H2,14,15). The normalized spacial score (nSPS) is 9.00. The molecule has 2 N–H and O–H groups in total. The van der Waals surface area contributed by atoms with Crippen molar-refractivity contribution in [3.63, 3.8) is 0 Å². The van der Waals surface area contributed by atoms with E-state index >= 15 is 0 Å². The largest absolute Gasteiger partial charge is 0.495 e. The Bertz CT molecular complexity index is 526. The zero-order valence-corrected chi connectivity index (χ0v) is 10.1. The maximum Gasteiger partial charge on any atom is 0.337 e. The molecule has 0 saturated heterocycles. The van der Waals surface area contributed by atoms with Crippen molar-refractivity contribution >= 4 is 11.9 Å². The summed E-state index contributed by atoms with van der Waals surface area (Å²) in [5.74, 6) is 4.86. The predicted octanol–water partition coefficient (Wildman–Crippen LogP) is 0.709. The quantitative estimate of drug-likeness (QED) is 0.630. The number of ether oxygens (including phenoxy) is 2. The molecule has 1 aromatic rings. The highest BCUT2D eigenvalue weighted by atomic mass is 16.5. The minimum Gasteiger partial charge on any atom is -0.495 e. The van der Waals surface area contributed by atoms with Gasteiger partial charge in [0.25, 0.3) is 0 Å². The average Bonchev–Trinajstić information content (AvgIpc) is 2.37. The number of hydrogen-bond donors (Lipinski definition) is 1. The van der Waals surface area contributed by atoms with Crippen molar-refractivity contribution in [2.75, 3.05) is 14.2 Å². The fourth-order valence-corrected chi connectivity index (χ4v) is 1.27. The Morgan fingerprint density at radius 2 is 2.06 bits per heavy atom. The second-order valence-electron chi connectivity index (χ2n) is 3.35. The van der Waals surface area contributed by atoms with Crippen LogP contribution in [0.5, 0.6) is 5.75 Å². The van der Waals surface area contributed by atoms with Crippen molar-refractivity contribution in [2.45, 2.75) is 6.42 Å². The van der Waals surface area contributed by atoms with Crippen LogP contribution in [-0.2, 0) is 9.53 Å². The molecule has 0 bridgehead atoms. The third kappa shape index (κ3) is 3.52. The zero-order chi connectivity index (χ0) is 13.5. The van der Waals surface area contributed by atoms with Crippen molar-refractivity contribution in [1.82, 2.24) is 0 Å². The molecule has 5 nitrogen and oxygen atoms in total. The number of rotatable bonds is 3. The van der Waals surface area contributed by atoms with Gasteiger partial charge in [0.05, 0.1) is 31.8 Å². The molecule has 0 unspecified atom stereocenters. The molecule has 0 heterocycles. The van der Waals surface area contributed by atoms with E-state index in [1.807, 2.05) is 0 Å². The van der Waals surface area contributed by atoms with Crippen LogP contribution in [-0.4, -0.2) is 26.1 Å². The van der Waals surface area contributed by atoms with E-state index in [1.165, 1.54) is 20.3 Å². The number of carbonyl (C=O) groups is 2. The molecule has 1 amide bonds. The van der Waals surface area contributed by atoms with Gasteiger partial charge in [-0.1, -0.05) is 11.8 Å². The molecule has 0 aliphatic carbocycles. The van der Waals surface area contributed by atoms with E-state index in [0.29, 0.717) is 16.9 Å². The van der Waals surface area contributed by atoms with E-state index < -0.39 is 11.9 Å². The lowest BCUT2D eigenvalue weighted by Crippen LogP contribution is -2.08. The molecular weight excluding hydrogens is 234 g/mol. The Kier molecular flexibility index (Phi) is 4.76. The van der Waals surface area contributed by atoms with Crippen molar-refractivity contribution in [1.29, 1.82) is 0 Å². The number of hydrogen-bond acceptors (Lipinski definition) is 4. The van der Waals surface area contributed by atoms with Crippen molar-refractivity contribution in [3.8, 4) is 17.6 Å². The third-order valence-electron chi connectivity index (χ3n) is 2.11.